The first-order valence-corrected chi connectivity index (χ1v) is 5.84. The summed E-state index contributed by atoms with van der Waals surface area (Å²) in [5.41, 5.74) is 0. The molecule has 0 amide bonds. The van der Waals surface area contributed by atoms with Crippen LogP contribution in [0.4, 0.5) is 0 Å². The van der Waals surface area contributed by atoms with Gasteiger partial charge in [-0.15, -0.1) is 0 Å². The summed E-state index contributed by atoms with van der Waals surface area (Å²) in [5.74, 6) is 0. The largest absolute Gasteiger partial charge is 0.294 e. The average Bonchev–Trinajstić information content (AvgIpc) is 2.17. The fourth-order valence-electron chi connectivity index (χ4n) is 1.18. The first-order chi connectivity index (χ1) is 6.11. The van der Waals surface area contributed by atoms with Gasteiger partial charge in [0.25, 0.3) is 0 Å². The van der Waals surface area contributed by atoms with E-state index in [0.717, 1.165) is 4.90 Å². The smallest absolute Gasteiger partial charge is 0.0608 e. The summed E-state index contributed by atoms with van der Waals surface area (Å²) in [7, 11) is -0.514. The van der Waals surface area contributed by atoms with Crippen LogP contribution in [0.5, 0.6) is 0 Å². The predicted octanol–water partition coefficient (Wildman–Crippen LogP) is 3.29. The van der Waals surface area contributed by atoms with E-state index in [4.69, 9.17) is 4.18 Å². The fraction of sp³-hybridized carbons (Fsp3) is 0.400. The Kier molecular flexibility index (Phi) is 3.36. The molecule has 0 aliphatic heterocycles. The Hall–Kier alpha value is -0.510. The van der Waals surface area contributed by atoms with Crippen LogP contribution in [0.1, 0.15) is 13.8 Å². The lowest BCUT2D eigenvalue weighted by molar-refractivity contribution is 0.388. The second-order valence-electron chi connectivity index (χ2n) is 3.10. The molecule has 0 heterocycles. The van der Waals surface area contributed by atoms with E-state index in [-0.39, 0.29) is 5.25 Å². The third kappa shape index (κ3) is 2.05. The van der Waals surface area contributed by atoms with Crippen molar-refractivity contribution in [2.75, 3.05) is 7.11 Å². The molecule has 1 rings (SSSR count). The van der Waals surface area contributed by atoms with Gasteiger partial charge in [-0.2, -0.15) is 10.6 Å². The molecule has 0 radical (unpaired) electrons. The maximum atomic E-state index is 10.2. The molecular weight excluding hydrogens is 184 g/mol. The molecule has 1 N–H and O–H groups in total. The summed E-state index contributed by atoms with van der Waals surface area (Å²) in [4.78, 5) is 0.882. The minimum Gasteiger partial charge on any atom is -0.294 e. The summed E-state index contributed by atoms with van der Waals surface area (Å²) in [6.07, 6.45) is 0. The summed E-state index contributed by atoms with van der Waals surface area (Å²) in [5, 5.41) is 0.111. The molecular formula is C10H16O2S. The van der Waals surface area contributed by atoms with Crippen LogP contribution < -0.4 is 0 Å². The zero-order valence-electron chi connectivity index (χ0n) is 8.23. The minimum absolute atomic E-state index is 0.111. The maximum absolute atomic E-state index is 10.2. The molecule has 1 aromatic rings. The molecule has 3 heteroatoms. The molecule has 0 saturated heterocycles. The van der Waals surface area contributed by atoms with Crippen molar-refractivity contribution >= 4 is 10.6 Å². The Bertz CT molecular complexity index is 261. The van der Waals surface area contributed by atoms with Crippen LogP contribution in [0, 0.1) is 0 Å². The van der Waals surface area contributed by atoms with Crippen molar-refractivity contribution in [2.45, 2.75) is 24.0 Å². The van der Waals surface area contributed by atoms with Gasteiger partial charge in [0.05, 0.1) is 12.0 Å². The Balaban J connectivity index is 3.03. The van der Waals surface area contributed by atoms with Crippen molar-refractivity contribution in [1.82, 2.24) is 0 Å². The second kappa shape index (κ2) is 4.13. The van der Waals surface area contributed by atoms with Crippen molar-refractivity contribution in [1.29, 1.82) is 0 Å². The van der Waals surface area contributed by atoms with Gasteiger partial charge in [0.1, 0.15) is 0 Å². The van der Waals surface area contributed by atoms with Gasteiger partial charge in [0, 0.05) is 5.25 Å². The van der Waals surface area contributed by atoms with Gasteiger partial charge in [0.2, 0.25) is 0 Å². The molecule has 0 bridgehead atoms. The molecule has 13 heavy (non-hydrogen) atoms. The van der Waals surface area contributed by atoms with Crippen LogP contribution in [-0.4, -0.2) is 16.9 Å². The van der Waals surface area contributed by atoms with Crippen LogP contribution >= 0.6 is 10.6 Å². The van der Waals surface area contributed by atoms with E-state index in [2.05, 4.69) is 0 Å². The summed E-state index contributed by atoms with van der Waals surface area (Å²) in [6, 6.07) is 9.56. The number of hydrogen-bond donors (Lipinski definition) is 1. The van der Waals surface area contributed by atoms with Crippen LogP contribution in [0.15, 0.2) is 35.2 Å². The van der Waals surface area contributed by atoms with E-state index >= 15 is 0 Å². The molecule has 0 saturated carbocycles. The highest BCUT2D eigenvalue weighted by Crippen LogP contribution is 2.56. The Labute approximate surface area is 81.3 Å². The predicted molar refractivity (Wildman–Crippen MR) is 57.1 cm³/mol. The number of benzene rings is 1. The summed E-state index contributed by atoms with van der Waals surface area (Å²) >= 11 is 0. The molecule has 0 aliphatic carbocycles. The fourth-order valence-corrected chi connectivity index (χ4v) is 2.85. The summed E-state index contributed by atoms with van der Waals surface area (Å²) < 4.78 is 15.5. The standard InChI is InChI=1S/C10H16O2S/c1-9(2)13(11,12-3)10-7-5-4-6-8-10/h4-9,11H,1-3H3. The van der Waals surface area contributed by atoms with E-state index in [1.165, 1.54) is 0 Å². The normalized spacial score (nSPS) is 18.2. The van der Waals surface area contributed by atoms with Crippen LogP contribution in [0.3, 0.4) is 0 Å². The van der Waals surface area contributed by atoms with E-state index < -0.39 is 10.6 Å². The van der Waals surface area contributed by atoms with Crippen LogP contribution in [0.2, 0.25) is 0 Å². The molecule has 0 aromatic heterocycles. The van der Waals surface area contributed by atoms with E-state index in [1.54, 1.807) is 7.11 Å². The third-order valence-electron chi connectivity index (χ3n) is 1.97. The molecule has 1 atom stereocenters. The first-order valence-electron chi connectivity index (χ1n) is 4.26. The minimum atomic E-state index is -2.07. The van der Waals surface area contributed by atoms with Crippen molar-refractivity contribution in [3.63, 3.8) is 0 Å². The summed E-state index contributed by atoms with van der Waals surface area (Å²) in [6.45, 7) is 3.93. The van der Waals surface area contributed by atoms with E-state index in [9.17, 15) is 4.55 Å². The van der Waals surface area contributed by atoms with Gasteiger partial charge < -0.3 is 0 Å². The highest BCUT2D eigenvalue weighted by Gasteiger charge is 2.22. The Morgan fingerprint density at radius 1 is 1.23 bits per heavy atom. The van der Waals surface area contributed by atoms with Gasteiger partial charge in [-0.1, -0.05) is 18.2 Å². The molecule has 0 fully saturated rings. The SMILES string of the molecule is COS(O)(c1ccccc1)C(C)C. The number of hydrogen-bond acceptors (Lipinski definition) is 2. The lowest BCUT2D eigenvalue weighted by Crippen LogP contribution is -2.13. The zero-order valence-corrected chi connectivity index (χ0v) is 9.04. The molecule has 1 aromatic carbocycles. The van der Waals surface area contributed by atoms with Gasteiger partial charge in [0.15, 0.2) is 0 Å². The number of rotatable bonds is 3. The van der Waals surface area contributed by atoms with Crippen molar-refractivity contribution < 1.29 is 8.74 Å². The molecule has 2 nitrogen and oxygen atoms in total. The third-order valence-corrected chi connectivity index (χ3v) is 4.71. The molecule has 0 spiro atoms. The topological polar surface area (TPSA) is 29.5 Å². The Morgan fingerprint density at radius 2 is 1.77 bits per heavy atom. The van der Waals surface area contributed by atoms with Crippen LogP contribution in [0.25, 0.3) is 0 Å². The van der Waals surface area contributed by atoms with Crippen molar-refractivity contribution in [3.8, 4) is 0 Å². The quantitative estimate of drug-likeness (QED) is 0.811. The van der Waals surface area contributed by atoms with Gasteiger partial charge in [-0.3, -0.25) is 8.74 Å². The van der Waals surface area contributed by atoms with E-state index in [0.29, 0.717) is 0 Å². The maximum Gasteiger partial charge on any atom is 0.0608 e. The highest BCUT2D eigenvalue weighted by molar-refractivity contribution is 8.25. The Morgan fingerprint density at radius 3 is 2.15 bits per heavy atom. The molecule has 1 unspecified atom stereocenters. The monoisotopic (exact) mass is 200 g/mol. The highest BCUT2D eigenvalue weighted by atomic mass is 32.3. The van der Waals surface area contributed by atoms with Crippen molar-refractivity contribution in [3.05, 3.63) is 30.3 Å². The van der Waals surface area contributed by atoms with Gasteiger partial charge in [-0.25, -0.2) is 0 Å². The van der Waals surface area contributed by atoms with Crippen LogP contribution in [-0.2, 0) is 4.18 Å². The molecule has 0 aliphatic rings. The lowest BCUT2D eigenvalue weighted by atomic mass is 10.4. The molecule has 74 valence electrons. The van der Waals surface area contributed by atoms with Gasteiger partial charge in [-0.05, 0) is 26.0 Å². The van der Waals surface area contributed by atoms with E-state index in [1.807, 2.05) is 44.2 Å². The van der Waals surface area contributed by atoms with Gasteiger partial charge >= 0.3 is 0 Å². The second-order valence-corrected chi connectivity index (χ2v) is 5.98. The zero-order chi connectivity index (χ0) is 9.90. The lowest BCUT2D eigenvalue weighted by Gasteiger charge is -2.40. The van der Waals surface area contributed by atoms with Crippen molar-refractivity contribution in [2.24, 2.45) is 0 Å². The first kappa shape index (κ1) is 10.6. The average molecular weight is 200 g/mol.